The van der Waals surface area contributed by atoms with Crippen molar-refractivity contribution in [3.63, 3.8) is 0 Å². The molecule has 2 rings (SSSR count). The normalized spacial score (nSPS) is 42.8. The van der Waals surface area contributed by atoms with Gasteiger partial charge in [-0.15, -0.1) is 11.7 Å². The van der Waals surface area contributed by atoms with Crippen LogP contribution in [0.15, 0.2) is 0 Å². The van der Waals surface area contributed by atoms with Gasteiger partial charge in [-0.25, -0.2) is 4.79 Å². The Balaban J connectivity index is 2.57. The van der Waals surface area contributed by atoms with E-state index in [-0.39, 0.29) is 37.5 Å². The molecule has 0 aliphatic carbocycles. The van der Waals surface area contributed by atoms with Crippen molar-refractivity contribution in [2.45, 2.75) is 141 Å². The van der Waals surface area contributed by atoms with Gasteiger partial charge in [-0.05, 0) is 80.9 Å². The predicted molar refractivity (Wildman–Crippen MR) is 187 cm³/mol. The van der Waals surface area contributed by atoms with Crippen LogP contribution in [0.2, 0.25) is 0 Å². The summed E-state index contributed by atoms with van der Waals surface area (Å²) in [6.45, 7) is 14.1. The van der Waals surface area contributed by atoms with E-state index in [1.165, 1.54) is 24.6 Å². The minimum Gasteiger partial charge on any atom is -0.459 e. The lowest BCUT2D eigenvalue weighted by Crippen LogP contribution is -2.60. The van der Waals surface area contributed by atoms with E-state index in [1.54, 1.807) is 27.7 Å². The quantitative estimate of drug-likeness (QED) is 0.107. The van der Waals surface area contributed by atoms with Crippen molar-refractivity contribution in [1.82, 2.24) is 9.80 Å². The molecular weight excluding hydrogens is 664 g/mol. The fraction of sp³-hybridized carbons (Fsp3) is 0.939. The first-order valence-corrected chi connectivity index (χ1v) is 19.0. The summed E-state index contributed by atoms with van der Waals surface area (Å²) in [6, 6.07) is -0.866. The molecule has 282 valence electrons. The Morgan fingerprint density at radius 1 is 1.15 bits per heavy atom. The molecule has 0 aromatic carbocycles. The summed E-state index contributed by atoms with van der Waals surface area (Å²) in [4.78, 5) is 30.0. The van der Waals surface area contributed by atoms with Crippen LogP contribution in [0, 0.1) is 17.8 Å². The number of thiol groups is 1. The van der Waals surface area contributed by atoms with E-state index in [4.69, 9.17) is 23.7 Å². The van der Waals surface area contributed by atoms with Crippen molar-refractivity contribution >= 4 is 34.6 Å². The summed E-state index contributed by atoms with van der Waals surface area (Å²) in [5.41, 5.74) is -3.37. The standard InChI is InChI=1S/C33H62N2O11S2/c1-12-24-33(8,41)27(37)22(6)35(11)17-18(2)16-32(7,40)28(20(4)25(36)21(5)29(38)44-24)46-30-26(45-31(39)42-13-14-48-47)23(34(9)10)15-19(3)43-30/h18-28,30,36-37,40-41,47H,12-17H2,1-11H3/t18-,19-,20+,21-,22-,23?,24-,25+,26-,27-,28-,30+,32-,33-/m1/s1. The topological polar surface area (TPSA) is 168 Å². The van der Waals surface area contributed by atoms with Crippen molar-refractivity contribution in [3.8, 4) is 0 Å². The van der Waals surface area contributed by atoms with Crippen LogP contribution in [0.25, 0.3) is 0 Å². The third-order valence-electron chi connectivity index (χ3n) is 10.1. The third kappa shape index (κ3) is 11.1. The zero-order valence-corrected chi connectivity index (χ0v) is 32.3. The Labute approximate surface area is 296 Å². The molecule has 2 aliphatic heterocycles. The van der Waals surface area contributed by atoms with Crippen LogP contribution in [-0.4, -0.2) is 149 Å². The van der Waals surface area contributed by atoms with Crippen molar-refractivity contribution < 1.29 is 53.7 Å². The van der Waals surface area contributed by atoms with Gasteiger partial charge in [-0.1, -0.05) is 31.6 Å². The Bertz CT molecular complexity index is 1020. The zero-order chi connectivity index (χ0) is 36.7. The minimum atomic E-state index is -1.78. The number of ether oxygens (including phenoxy) is 5. The van der Waals surface area contributed by atoms with E-state index >= 15 is 0 Å². The van der Waals surface area contributed by atoms with Crippen molar-refractivity contribution in [2.24, 2.45) is 17.8 Å². The molecule has 0 amide bonds. The number of carbonyl (C=O) groups is 2. The molecule has 15 heteroatoms. The lowest BCUT2D eigenvalue weighted by molar-refractivity contribution is -0.300. The summed E-state index contributed by atoms with van der Waals surface area (Å²) >= 11 is 4.07. The average molecular weight is 727 g/mol. The molecule has 0 bridgehead atoms. The highest BCUT2D eigenvalue weighted by atomic mass is 33.1. The van der Waals surface area contributed by atoms with E-state index in [0.717, 1.165) is 0 Å². The van der Waals surface area contributed by atoms with E-state index in [0.29, 0.717) is 18.7 Å². The number of likely N-dealkylation sites (N-methyl/N-ethyl adjacent to an activating group) is 2. The van der Waals surface area contributed by atoms with Crippen molar-refractivity contribution in [3.05, 3.63) is 0 Å². The predicted octanol–water partition coefficient (Wildman–Crippen LogP) is 2.71. The molecule has 14 atom stereocenters. The van der Waals surface area contributed by atoms with E-state index in [9.17, 15) is 30.0 Å². The Kier molecular flexibility index (Phi) is 16.7. The van der Waals surface area contributed by atoms with E-state index in [1.807, 2.05) is 44.8 Å². The molecule has 13 nitrogen and oxygen atoms in total. The summed E-state index contributed by atoms with van der Waals surface area (Å²) in [5.74, 6) is -2.42. The number of nitrogens with zero attached hydrogens (tertiary/aromatic N) is 2. The molecule has 4 N–H and O–H groups in total. The lowest BCUT2D eigenvalue weighted by atomic mass is 9.78. The maximum absolute atomic E-state index is 13.5. The molecule has 1 unspecified atom stereocenters. The number of aliphatic hydroxyl groups is 4. The third-order valence-corrected chi connectivity index (χ3v) is 11.0. The molecule has 48 heavy (non-hydrogen) atoms. The van der Waals surface area contributed by atoms with Crippen molar-refractivity contribution in [1.29, 1.82) is 0 Å². The van der Waals surface area contributed by atoms with Gasteiger partial charge in [0.15, 0.2) is 12.4 Å². The van der Waals surface area contributed by atoms with Crippen LogP contribution in [0.3, 0.4) is 0 Å². The molecule has 0 spiro atoms. The Morgan fingerprint density at radius 3 is 2.33 bits per heavy atom. The van der Waals surface area contributed by atoms with Gasteiger partial charge in [-0.3, -0.25) is 4.79 Å². The summed E-state index contributed by atoms with van der Waals surface area (Å²) < 4.78 is 29.7. The second-order valence-corrected chi connectivity index (χ2v) is 16.1. The molecule has 0 aromatic heterocycles. The fourth-order valence-corrected chi connectivity index (χ4v) is 7.54. The van der Waals surface area contributed by atoms with E-state index < -0.39 is 78.0 Å². The minimum absolute atomic E-state index is 0.0972. The van der Waals surface area contributed by atoms with Gasteiger partial charge in [0.2, 0.25) is 0 Å². The Morgan fingerprint density at radius 2 is 1.77 bits per heavy atom. The monoisotopic (exact) mass is 726 g/mol. The van der Waals surface area contributed by atoms with Gasteiger partial charge in [0.05, 0.1) is 35.9 Å². The van der Waals surface area contributed by atoms with Crippen LogP contribution in [0.1, 0.15) is 74.7 Å². The number of rotatable bonds is 8. The highest BCUT2D eigenvalue weighted by molar-refractivity contribution is 8.68. The van der Waals surface area contributed by atoms with Gasteiger partial charge in [0, 0.05) is 24.3 Å². The first-order valence-electron chi connectivity index (χ1n) is 17.0. The highest BCUT2D eigenvalue weighted by Crippen LogP contribution is 2.37. The molecule has 2 fully saturated rings. The maximum Gasteiger partial charge on any atom is 0.508 e. The van der Waals surface area contributed by atoms with Gasteiger partial charge in [0.1, 0.15) is 24.4 Å². The SMILES string of the molecule is CC[C@H]1OC(=O)[C@H](C)[C@@H](O)[C@H](C)[C@@H](O[C@@H]2O[C@H](C)CC(N(C)C)[C@H]2OC(=O)OCCSS)[C@](C)(O)C[C@@H](C)CN(C)[C@H](C)[C@@H](O)[C@]1(C)O. The van der Waals surface area contributed by atoms with Crippen LogP contribution >= 0.6 is 22.5 Å². The van der Waals surface area contributed by atoms with Crippen LogP contribution in [0.5, 0.6) is 0 Å². The molecule has 2 saturated heterocycles. The van der Waals surface area contributed by atoms with Gasteiger partial charge >= 0.3 is 12.1 Å². The molecule has 2 heterocycles. The second kappa shape index (κ2) is 18.6. The average Bonchev–Trinajstić information content (AvgIpc) is 3.00. The first-order chi connectivity index (χ1) is 22.2. The number of aliphatic hydroxyl groups excluding tert-OH is 2. The zero-order valence-electron chi connectivity index (χ0n) is 30.6. The molecular formula is C33H62N2O11S2. The van der Waals surface area contributed by atoms with Crippen LogP contribution < -0.4 is 0 Å². The first kappa shape index (κ1) is 43.3. The van der Waals surface area contributed by atoms with Gasteiger partial charge in [-0.2, -0.15) is 0 Å². The number of esters is 1. The number of cyclic esters (lactones) is 1. The fourth-order valence-electron chi connectivity index (χ4n) is 7.16. The van der Waals surface area contributed by atoms with Crippen LogP contribution in [0.4, 0.5) is 4.79 Å². The second-order valence-electron chi connectivity index (χ2n) is 14.6. The highest BCUT2D eigenvalue weighted by Gasteiger charge is 2.51. The van der Waals surface area contributed by atoms with Crippen LogP contribution in [-0.2, 0) is 28.5 Å². The summed E-state index contributed by atoms with van der Waals surface area (Å²) in [5, 5.41) is 46.5. The van der Waals surface area contributed by atoms with Gasteiger partial charge in [0.25, 0.3) is 0 Å². The van der Waals surface area contributed by atoms with Crippen molar-refractivity contribution in [2.75, 3.05) is 40.0 Å². The van der Waals surface area contributed by atoms with E-state index in [2.05, 4.69) is 11.7 Å². The number of hydrogen-bond acceptors (Lipinski definition) is 15. The lowest BCUT2D eigenvalue weighted by Gasteiger charge is -2.47. The molecule has 0 radical (unpaired) electrons. The molecule has 2 aliphatic rings. The molecule has 0 saturated carbocycles. The molecule has 0 aromatic rings. The van der Waals surface area contributed by atoms with Gasteiger partial charge < -0.3 is 53.9 Å². The maximum atomic E-state index is 13.5. The largest absolute Gasteiger partial charge is 0.508 e. The number of hydrogen-bond donors (Lipinski definition) is 5. The number of carbonyl (C=O) groups excluding carboxylic acids is 2. The Hall–Kier alpha value is -0.880. The smallest absolute Gasteiger partial charge is 0.459 e. The summed E-state index contributed by atoms with van der Waals surface area (Å²) in [6.07, 6.45) is -7.17. The summed E-state index contributed by atoms with van der Waals surface area (Å²) in [7, 11) is 6.76.